The molecule has 4 heterocycles. The summed E-state index contributed by atoms with van der Waals surface area (Å²) < 4.78 is 5.60. The van der Waals surface area contributed by atoms with E-state index in [1.165, 1.54) is 0 Å². The molecule has 1 aromatic carbocycles. The number of morpholine rings is 1. The Labute approximate surface area is 157 Å². The van der Waals surface area contributed by atoms with Gasteiger partial charge >= 0.3 is 0 Å². The number of pyridine rings is 1. The Bertz CT molecular complexity index is 953. The molecular weight excluding hydrogens is 340 g/mol. The zero-order valence-corrected chi connectivity index (χ0v) is 15.1. The number of fused-ring (bicyclic) bond motifs is 3. The minimum absolute atomic E-state index is 0.228. The van der Waals surface area contributed by atoms with E-state index in [9.17, 15) is 4.79 Å². The van der Waals surface area contributed by atoms with Gasteiger partial charge in [-0.1, -0.05) is 12.1 Å². The monoisotopic (exact) mass is 362 g/mol. The summed E-state index contributed by atoms with van der Waals surface area (Å²) >= 11 is 0. The van der Waals surface area contributed by atoms with Crippen molar-refractivity contribution < 1.29 is 9.53 Å². The third-order valence-electron chi connectivity index (χ3n) is 5.74. The van der Waals surface area contributed by atoms with E-state index >= 15 is 0 Å². The van der Waals surface area contributed by atoms with Crippen LogP contribution in [-0.2, 0) is 16.0 Å². The van der Waals surface area contributed by atoms with E-state index in [1.807, 2.05) is 24.7 Å². The van der Waals surface area contributed by atoms with E-state index in [1.54, 1.807) is 0 Å². The van der Waals surface area contributed by atoms with Gasteiger partial charge in [0.15, 0.2) is 5.78 Å². The predicted molar refractivity (Wildman–Crippen MR) is 102 cm³/mol. The van der Waals surface area contributed by atoms with Crippen LogP contribution in [0.4, 0.5) is 0 Å². The van der Waals surface area contributed by atoms with Crippen LogP contribution in [0.15, 0.2) is 42.9 Å². The molecule has 3 aromatic rings. The van der Waals surface area contributed by atoms with E-state index < -0.39 is 0 Å². The van der Waals surface area contributed by atoms with Gasteiger partial charge in [0.2, 0.25) is 0 Å². The quantitative estimate of drug-likeness (QED) is 0.755. The Morgan fingerprint density at radius 1 is 1.11 bits per heavy atom. The minimum Gasteiger partial charge on any atom is -0.378 e. The molecule has 2 fully saturated rings. The predicted octanol–water partition coefficient (Wildman–Crippen LogP) is 2.60. The lowest BCUT2D eigenvalue weighted by atomic mass is 10.0. The topological polar surface area (TPSA) is 71.1 Å². The fraction of sp³-hybridized carbons (Fsp3) is 0.381. The van der Waals surface area contributed by atoms with Crippen molar-refractivity contribution in [2.45, 2.75) is 31.3 Å². The van der Waals surface area contributed by atoms with Crippen LogP contribution in [0.5, 0.6) is 0 Å². The Morgan fingerprint density at radius 3 is 2.74 bits per heavy atom. The molecule has 0 spiro atoms. The number of rotatable bonds is 5. The van der Waals surface area contributed by atoms with E-state index in [0.717, 1.165) is 53.6 Å². The summed E-state index contributed by atoms with van der Waals surface area (Å²) in [6.07, 6.45) is 8.21. The van der Waals surface area contributed by atoms with Gasteiger partial charge in [0.1, 0.15) is 0 Å². The second kappa shape index (κ2) is 6.87. The summed E-state index contributed by atoms with van der Waals surface area (Å²) in [5.41, 5.74) is 2.98. The standard InChI is InChI=1S/C21H22N4O2/c26-21(11-25-19-3-4-20(25)13-27-12-19)7-18-6-16-5-14(17-9-23-24-10-17)1-2-15(16)8-22-18/h1-2,5-6,8-10,19-20H,3-4,7,11-13H2,(H,23,24). The average molecular weight is 362 g/mol. The van der Waals surface area contributed by atoms with Gasteiger partial charge in [-0.05, 0) is 35.9 Å². The molecule has 0 amide bonds. The highest BCUT2D eigenvalue weighted by Gasteiger charge is 2.37. The second-order valence-electron chi connectivity index (χ2n) is 7.53. The minimum atomic E-state index is 0.228. The van der Waals surface area contributed by atoms with Gasteiger partial charge in [-0.25, -0.2) is 0 Å². The fourth-order valence-electron chi connectivity index (χ4n) is 4.30. The molecule has 6 heteroatoms. The lowest BCUT2D eigenvalue weighted by Gasteiger charge is -2.33. The Morgan fingerprint density at radius 2 is 1.96 bits per heavy atom. The van der Waals surface area contributed by atoms with Crippen LogP contribution in [0.25, 0.3) is 21.9 Å². The molecule has 27 heavy (non-hydrogen) atoms. The smallest absolute Gasteiger partial charge is 0.152 e. The number of aromatic amines is 1. The third kappa shape index (κ3) is 3.26. The maximum atomic E-state index is 12.7. The second-order valence-corrected chi connectivity index (χ2v) is 7.53. The van der Waals surface area contributed by atoms with Crippen molar-refractivity contribution in [1.29, 1.82) is 0 Å². The number of ether oxygens (including phenoxy) is 1. The van der Waals surface area contributed by atoms with Crippen molar-refractivity contribution in [3.63, 3.8) is 0 Å². The molecule has 0 saturated carbocycles. The Hall–Kier alpha value is -2.57. The highest BCUT2D eigenvalue weighted by Crippen LogP contribution is 2.28. The zero-order chi connectivity index (χ0) is 18.2. The van der Waals surface area contributed by atoms with E-state index in [-0.39, 0.29) is 5.78 Å². The van der Waals surface area contributed by atoms with E-state index in [4.69, 9.17) is 4.74 Å². The molecule has 0 aliphatic carbocycles. The van der Waals surface area contributed by atoms with Crippen LogP contribution in [0.1, 0.15) is 18.5 Å². The molecule has 2 atom stereocenters. The first kappa shape index (κ1) is 16.6. The van der Waals surface area contributed by atoms with Crippen molar-refractivity contribution in [2.75, 3.05) is 19.8 Å². The van der Waals surface area contributed by atoms with Crippen molar-refractivity contribution in [3.05, 3.63) is 48.5 Å². The van der Waals surface area contributed by atoms with Crippen molar-refractivity contribution in [1.82, 2.24) is 20.1 Å². The van der Waals surface area contributed by atoms with Crippen molar-refractivity contribution >= 4 is 16.6 Å². The Balaban J connectivity index is 1.33. The summed E-state index contributed by atoms with van der Waals surface area (Å²) in [5.74, 6) is 0.228. The van der Waals surface area contributed by atoms with Crippen molar-refractivity contribution in [2.24, 2.45) is 0 Å². The van der Waals surface area contributed by atoms with Crippen LogP contribution in [-0.4, -0.2) is 57.7 Å². The van der Waals surface area contributed by atoms with Gasteiger partial charge < -0.3 is 4.74 Å². The van der Waals surface area contributed by atoms with Crippen LogP contribution in [0, 0.1) is 0 Å². The summed E-state index contributed by atoms with van der Waals surface area (Å²) in [6, 6.07) is 9.10. The summed E-state index contributed by atoms with van der Waals surface area (Å²) in [6.45, 7) is 2.02. The van der Waals surface area contributed by atoms with Gasteiger partial charge in [0.25, 0.3) is 0 Å². The lowest BCUT2D eigenvalue weighted by Crippen LogP contribution is -2.48. The number of Topliss-reactive ketones (excluding diaryl/α,β-unsaturated/α-hetero) is 1. The number of nitrogens with one attached hydrogen (secondary N) is 1. The molecule has 2 unspecified atom stereocenters. The number of aromatic nitrogens is 3. The SMILES string of the molecule is O=C(Cc1cc2cc(-c3cn[nH]c3)ccc2cn1)CN1C2CCC1COC2. The van der Waals surface area contributed by atoms with Crippen LogP contribution < -0.4 is 0 Å². The number of hydrogen-bond acceptors (Lipinski definition) is 5. The summed E-state index contributed by atoms with van der Waals surface area (Å²) in [7, 11) is 0. The molecule has 6 nitrogen and oxygen atoms in total. The maximum absolute atomic E-state index is 12.7. The number of benzene rings is 1. The lowest BCUT2D eigenvalue weighted by molar-refractivity contribution is -0.122. The first-order valence-electron chi connectivity index (χ1n) is 9.49. The number of nitrogens with zero attached hydrogens (tertiary/aromatic N) is 3. The molecule has 2 saturated heterocycles. The zero-order valence-electron chi connectivity index (χ0n) is 15.1. The first-order chi connectivity index (χ1) is 13.3. The van der Waals surface area contributed by atoms with Crippen LogP contribution >= 0.6 is 0 Å². The molecule has 2 aliphatic rings. The van der Waals surface area contributed by atoms with Crippen LogP contribution in [0.3, 0.4) is 0 Å². The van der Waals surface area contributed by atoms with Gasteiger partial charge in [-0.3, -0.25) is 19.8 Å². The highest BCUT2D eigenvalue weighted by molar-refractivity contribution is 5.88. The fourth-order valence-corrected chi connectivity index (χ4v) is 4.30. The van der Waals surface area contributed by atoms with Gasteiger partial charge in [0, 0.05) is 41.1 Å². The number of carbonyl (C=O) groups is 1. The van der Waals surface area contributed by atoms with Crippen molar-refractivity contribution in [3.8, 4) is 11.1 Å². The molecule has 2 aliphatic heterocycles. The van der Waals surface area contributed by atoms with E-state index in [2.05, 4.69) is 38.3 Å². The molecule has 2 aromatic heterocycles. The summed E-state index contributed by atoms with van der Waals surface area (Å²) in [5, 5.41) is 9.03. The molecule has 5 rings (SSSR count). The average Bonchev–Trinajstić information content (AvgIpc) is 3.27. The van der Waals surface area contributed by atoms with Crippen LogP contribution in [0.2, 0.25) is 0 Å². The largest absolute Gasteiger partial charge is 0.378 e. The molecule has 138 valence electrons. The maximum Gasteiger partial charge on any atom is 0.152 e. The molecule has 2 bridgehead atoms. The van der Waals surface area contributed by atoms with Gasteiger partial charge in [-0.15, -0.1) is 0 Å². The number of carbonyl (C=O) groups excluding carboxylic acids is 1. The number of ketones is 1. The Kier molecular flexibility index (Phi) is 4.22. The first-order valence-corrected chi connectivity index (χ1v) is 9.49. The number of H-pyrrole nitrogens is 1. The molecular formula is C21H22N4O2. The highest BCUT2D eigenvalue weighted by atomic mass is 16.5. The molecule has 0 radical (unpaired) electrons. The number of hydrogen-bond donors (Lipinski definition) is 1. The van der Waals surface area contributed by atoms with E-state index in [0.29, 0.717) is 25.0 Å². The van der Waals surface area contributed by atoms with Gasteiger partial charge in [-0.2, -0.15) is 5.10 Å². The normalized spacial score (nSPS) is 22.4. The third-order valence-corrected chi connectivity index (χ3v) is 5.74. The summed E-state index contributed by atoms with van der Waals surface area (Å²) in [4.78, 5) is 19.5. The molecule has 1 N–H and O–H groups in total. The van der Waals surface area contributed by atoms with Gasteiger partial charge in [0.05, 0.1) is 32.4 Å².